The fraction of sp³-hybridized carbons (Fsp3) is 0.211. The molecule has 0 fully saturated rings. The molecule has 0 aliphatic rings. The van der Waals surface area contributed by atoms with Crippen LogP contribution in [0, 0.1) is 0 Å². The molecule has 2 aromatic heterocycles. The third kappa shape index (κ3) is 2.63. The summed E-state index contributed by atoms with van der Waals surface area (Å²) >= 11 is 6.17. The van der Waals surface area contributed by atoms with Crippen LogP contribution in [0.5, 0.6) is 0 Å². The van der Waals surface area contributed by atoms with E-state index >= 15 is 0 Å². The summed E-state index contributed by atoms with van der Waals surface area (Å²) < 4.78 is 2.16. The zero-order valence-electron chi connectivity index (χ0n) is 13.4. The van der Waals surface area contributed by atoms with Crippen molar-refractivity contribution in [2.24, 2.45) is 0 Å². The average Bonchev–Trinajstić information content (AvgIpc) is 2.95. The summed E-state index contributed by atoms with van der Waals surface area (Å²) in [7, 11) is 0. The molecule has 0 saturated carbocycles. The van der Waals surface area contributed by atoms with Gasteiger partial charge in [0.15, 0.2) is 11.3 Å². The normalized spacial score (nSPS) is 11.4. The molecule has 24 heavy (non-hydrogen) atoms. The summed E-state index contributed by atoms with van der Waals surface area (Å²) in [5, 5.41) is 0.702. The van der Waals surface area contributed by atoms with Crippen LogP contribution in [0.1, 0.15) is 19.8 Å². The SMILES string of the molecule is CCCCn1c(-c2cccc(Cl)c2)nc2nc3ccccc3nc21. The van der Waals surface area contributed by atoms with Gasteiger partial charge in [0, 0.05) is 17.1 Å². The van der Waals surface area contributed by atoms with E-state index in [-0.39, 0.29) is 0 Å². The molecule has 4 rings (SSSR count). The number of para-hydroxylation sites is 2. The van der Waals surface area contributed by atoms with E-state index in [0.29, 0.717) is 10.7 Å². The number of hydrogen-bond acceptors (Lipinski definition) is 3. The predicted octanol–water partition coefficient (Wildman–Crippen LogP) is 5.10. The maximum atomic E-state index is 6.17. The number of nitrogens with zero attached hydrogens (tertiary/aromatic N) is 4. The smallest absolute Gasteiger partial charge is 0.198 e. The van der Waals surface area contributed by atoms with Crippen LogP contribution in [-0.2, 0) is 6.54 Å². The van der Waals surface area contributed by atoms with Gasteiger partial charge in [-0.3, -0.25) is 0 Å². The number of aryl methyl sites for hydroxylation is 1. The maximum absolute atomic E-state index is 6.17. The minimum Gasteiger partial charge on any atom is -0.307 e. The highest BCUT2D eigenvalue weighted by atomic mass is 35.5. The first-order chi connectivity index (χ1) is 11.8. The van der Waals surface area contributed by atoms with E-state index in [4.69, 9.17) is 21.6 Å². The molecule has 120 valence electrons. The lowest BCUT2D eigenvalue weighted by Gasteiger charge is -2.08. The molecule has 2 heterocycles. The molecular formula is C19H17ClN4. The Morgan fingerprint density at radius 1 is 0.958 bits per heavy atom. The first-order valence-electron chi connectivity index (χ1n) is 8.15. The molecule has 0 aliphatic heterocycles. The first kappa shape index (κ1) is 15.1. The zero-order valence-corrected chi connectivity index (χ0v) is 14.2. The molecule has 0 saturated heterocycles. The standard InChI is InChI=1S/C19H17ClN4/c1-2-3-11-24-18(13-7-6-8-14(20)12-13)23-17-19(24)22-16-10-5-4-9-15(16)21-17/h4-10,12H,2-3,11H2,1H3. The maximum Gasteiger partial charge on any atom is 0.198 e. The molecule has 0 atom stereocenters. The van der Waals surface area contributed by atoms with Gasteiger partial charge < -0.3 is 4.57 Å². The molecule has 0 spiro atoms. The van der Waals surface area contributed by atoms with Crippen LogP contribution >= 0.6 is 11.6 Å². The molecule has 0 N–H and O–H groups in total. The van der Waals surface area contributed by atoms with E-state index < -0.39 is 0 Å². The Kier molecular flexibility index (Phi) is 3.90. The Hall–Kier alpha value is -2.46. The Morgan fingerprint density at radius 3 is 2.50 bits per heavy atom. The van der Waals surface area contributed by atoms with Crippen molar-refractivity contribution in [1.29, 1.82) is 0 Å². The van der Waals surface area contributed by atoms with Gasteiger partial charge in [-0.05, 0) is 30.7 Å². The number of halogens is 1. The van der Waals surface area contributed by atoms with Gasteiger partial charge in [-0.1, -0.05) is 49.2 Å². The van der Waals surface area contributed by atoms with Crippen LogP contribution in [0.2, 0.25) is 5.02 Å². The molecule has 0 unspecified atom stereocenters. The third-order valence-corrected chi connectivity index (χ3v) is 4.31. The van der Waals surface area contributed by atoms with E-state index in [1.54, 1.807) is 0 Å². The van der Waals surface area contributed by atoms with Crippen LogP contribution in [0.25, 0.3) is 33.7 Å². The highest BCUT2D eigenvalue weighted by molar-refractivity contribution is 6.30. The fourth-order valence-electron chi connectivity index (χ4n) is 2.87. The van der Waals surface area contributed by atoms with Gasteiger partial charge in [0.1, 0.15) is 5.82 Å². The highest BCUT2D eigenvalue weighted by Crippen LogP contribution is 2.27. The van der Waals surface area contributed by atoms with Crippen LogP contribution < -0.4 is 0 Å². The minimum atomic E-state index is 0.680. The average molecular weight is 337 g/mol. The lowest BCUT2D eigenvalue weighted by molar-refractivity contribution is 0.647. The monoisotopic (exact) mass is 336 g/mol. The highest BCUT2D eigenvalue weighted by Gasteiger charge is 2.15. The largest absolute Gasteiger partial charge is 0.307 e. The van der Waals surface area contributed by atoms with Crippen molar-refractivity contribution in [2.75, 3.05) is 0 Å². The van der Waals surface area contributed by atoms with Gasteiger partial charge in [-0.2, -0.15) is 0 Å². The second-order valence-corrected chi connectivity index (χ2v) is 6.25. The Labute approximate surface area is 145 Å². The van der Waals surface area contributed by atoms with Gasteiger partial charge in [0.05, 0.1) is 11.0 Å². The van der Waals surface area contributed by atoms with Gasteiger partial charge in [-0.25, -0.2) is 15.0 Å². The van der Waals surface area contributed by atoms with E-state index in [2.05, 4.69) is 16.5 Å². The minimum absolute atomic E-state index is 0.680. The Morgan fingerprint density at radius 2 is 1.75 bits per heavy atom. The van der Waals surface area contributed by atoms with Gasteiger partial charge in [-0.15, -0.1) is 0 Å². The van der Waals surface area contributed by atoms with E-state index in [1.165, 1.54) is 0 Å². The number of imidazole rings is 1. The number of unbranched alkanes of at least 4 members (excludes halogenated alkanes) is 1. The number of benzene rings is 2. The molecular weight excluding hydrogens is 320 g/mol. The second-order valence-electron chi connectivity index (χ2n) is 5.81. The third-order valence-electron chi connectivity index (χ3n) is 4.08. The van der Waals surface area contributed by atoms with E-state index in [0.717, 1.165) is 47.5 Å². The first-order valence-corrected chi connectivity index (χ1v) is 8.53. The summed E-state index contributed by atoms with van der Waals surface area (Å²) in [5.41, 5.74) is 4.25. The molecule has 4 nitrogen and oxygen atoms in total. The van der Waals surface area contributed by atoms with Crippen molar-refractivity contribution in [3.05, 3.63) is 53.6 Å². The molecule has 0 bridgehead atoms. The van der Waals surface area contributed by atoms with Gasteiger partial charge >= 0.3 is 0 Å². The van der Waals surface area contributed by atoms with Crippen molar-refractivity contribution in [1.82, 2.24) is 19.5 Å². The molecule has 0 radical (unpaired) electrons. The zero-order chi connectivity index (χ0) is 16.5. The quantitative estimate of drug-likeness (QED) is 0.520. The van der Waals surface area contributed by atoms with Gasteiger partial charge in [0.25, 0.3) is 0 Å². The molecule has 0 aliphatic carbocycles. The number of fused-ring (bicyclic) bond motifs is 2. The number of aromatic nitrogens is 4. The summed E-state index contributed by atoms with van der Waals surface area (Å²) in [6, 6.07) is 15.7. The Bertz CT molecular complexity index is 1020. The summed E-state index contributed by atoms with van der Waals surface area (Å²) in [6.45, 7) is 3.04. The van der Waals surface area contributed by atoms with E-state index in [9.17, 15) is 0 Å². The van der Waals surface area contributed by atoms with Crippen molar-refractivity contribution in [3.8, 4) is 11.4 Å². The summed E-state index contributed by atoms with van der Waals surface area (Å²) in [5.74, 6) is 0.872. The topological polar surface area (TPSA) is 43.6 Å². The lowest BCUT2D eigenvalue weighted by atomic mass is 10.2. The van der Waals surface area contributed by atoms with E-state index in [1.807, 2.05) is 48.5 Å². The fourth-order valence-corrected chi connectivity index (χ4v) is 3.06. The lowest BCUT2D eigenvalue weighted by Crippen LogP contribution is -2.02. The predicted molar refractivity (Wildman–Crippen MR) is 98.2 cm³/mol. The molecule has 5 heteroatoms. The van der Waals surface area contributed by atoms with Gasteiger partial charge in [0.2, 0.25) is 0 Å². The Balaban J connectivity index is 1.98. The number of rotatable bonds is 4. The van der Waals surface area contributed by atoms with Crippen molar-refractivity contribution in [3.63, 3.8) is 0 Å². The van der Waals surface area contributed by atoms with Crippen LogP contribution in [0.15, 0.2) is 48.5 Å². The van der Waals surface area contributed by atoms with Crippen molar-refractivity contribution >= 4 is 33.9 Å². The second kappa shape index (κ2) is 6.21. The molecule has 4 aromatic rings. The van der Waals surface area contributed by atoms with Crippen LogP contribution in [0.3, 0.4) is 0 Å². The summed E-state index contributed by atoms with van der Waals surface area (Å²) in [6.07, 6.45) is 2.17. The molecule has 0 amide bonds. The van der Waals surface area contributed by atoms with Crippen molar-refractivity contribution < 1.29 is 0 Å². The van der Waals surface area contributed by atoms with Crippen LogP contribution in [0.4, 0.5) is 0 Å². The summed E-state index contributed by atoms with van der Waals surface area (Å²) in [4.78, 5) is 14.2. The van der Waals surface area contributed by atoms with Crippen LogP contribution in [-0.4, -0.2) is 19.5 Å². The van der Waals surface area contributed by atoms with Crippen molar-refractivity contribution in [2.45, 2.75) is 26.3 Å². The molecule has 2 aromatic carbocycles. The number of hydrogen-bond donors (Lipinski definition) is 0.